The van der Waals surface area contributed by atoms with Gasteiger partial charge in [-0.3, -0.25) is 4.79 Å². The van der Waals surface area contributed by atoms with Gasteiger partial charge in [0.25, 0.3) is 5.91 Å². The molecular weight excluding hydrogens is 445 g/mol. The van der Waals surface area contributed by atoms with Crippen LogP contribution in [0.15, 0.2) is 47.4 Å². The molecule has 0 aromatic heterocycles. The molecule has 11 heteroatoms. The highest BCUT2D eigenvalue weighted by Crippen LogP contribution is 2.34. The Morgan fingerprint density at radius 3 is 2.50 bits per heavy atom. The number of carbonyl (C=O) groups excluding carboxylic acids is 1. The van der Waals surface area contributed by atoms with Gasteiger partial charge in [-0.1, -0.05) is 37.1 Å². The molecule has 2 aromatic rings. The second-order valence-electron chi connectivity index (χ2n) is 6.22. The first kappa shape index (κ1) is 24.0. The third-order valence-corrected chi connectivity index (χ3v) is 5.66. The van der Waals surface area contributed by atoms with E-state index in [9.17, 15) is 26.4 Å². The monoisotopic (exact) mass is 464 g/mol. The lowest BCUT2D eigenvalue weighted by Gasteiger charge is -2.14. The maximum atomic E-state index is 13.0. The highest BCUT2D eigenvalue weighted by atomic mass is 35.5. The number of hydrogen-bond donors (Lipinski definition) is 2. The molecule has 0 aliphatic heterocycles. The number of anilines is 1. The third-order valence-electron chi connectivity index (χ3n) is 3.90. The Labute approximate surface area is 177 Å². The van der Waals surface area contributed by atoms with Gasteiger partial charge in [0.05, 0.1) is 21.2 Å². The van der Waals surface area contributed by atoms with Gasteiger partial charge < -0.3 is 10.1 Å². The second-order valence-corrected chi connectivity index (χ2v) is 8.40. The second kappa shape index (κ2) is 10.1. The zero-order valence-electron chi connectivity index (χ0n) is 15.9. The largest absolute Gasteiger partial charge is 0.482 e. The van der Waals surface area contributed by atoms with Crippen molar-refractivity contribution in [2.24, 2.45) is 0 Å². The lowest BCUT2D eigenvalue weighted by Crippen LogP contribution is -2.25. The first-order valence-electron chi connectivity index (χ1n) is 8.92. The molecule has 0 bridgehead atoms. The van der Waals surface area contributed by atoms with Crippen molar-refractivity contribution in [2.75, 3.05) is 18.5 Å². The Bertz CT molecular complexity index is 998. The van der Waals surface area contributed by atoms with Crippen molar-refractivity contribution in [1.29, 1.82) is 0 Å². The molecule has 0 aliphatic rings. The van der Waals surface area contributed by atoms with Crippen LogP contribution < -0.4 is 14.8 Å². The van der Waals surface area contributed by atoms with Gasteiger partial charge >= 0.3 is 6.18 Å². The molecular formula is C19H20ClF3N2O4S. The maximum Gasteiger partial charge on any atom is 0.418 e. The number of halogens is 4. The van der Waals surface area contributed by atoms with Crippen LogP contribution in [0.3, 0.4) is 0 Å². The topological polar surface area (TPSA) is 84.5 Å². The van der Waals surface area contributed by atoms with E-state index in [1.54, 1.807) is 0 Å². The van der Waals surface area contributed by atoms with Crippen molar-refractivity contribution in [3.05, 3.63) is 53.1 Å². The van der Waals surface area contributed by atoms with E-state index in [-0.39, 0.29) is 22.2 Å². The smallest absolute Gasteiger partial charge is 0.418 e. The van der Waals surface area contributed by atoms with Gasteiger partial charge in [0, 0.05) is 6.54 Å². The number of unbranched alkanes of at least 4 members (excludes halogenated alkanes) is 1. The molecule has 2 aromatic carbocycles. The normalized spacial score (nSPS) is 11.9. The molecule has 0 fully saturated rings. The minimum Gasteiger partial charge on any atom is -0.482 e. The summed E-state index contributed by atoms with van der Waals surface area (Å²) >= 11 is 6.03. The number of alkyl halides is 3. The first-order chi connectivity index (χ1) is 14.0. The number of sulfonamides is 1. The number of amides is 1. The van der Waals surface area contributed by atoms with Crippen LogP contribution in [-0.2, 0) is 21.0 Å². The van der Waals surface area contributed by atoms with Gasteiger partial charge in [0.2, 0.25) is 10.0 Å². The molecule has 0 saturated carbocycles. The average Bonchev–Trinajstić information content (AvgIpc) is 2.66. The van der Waals surface area contributed by atoms with Crippen molar-refractivity contribution in [3.63, 3.8) is 0 Å². The van der Waals surface area contributed by atoms with E-state index in [0.717, 1.165) is 18.6 Å². The Kier molecular flexibility index (Phi) is 8.10. The van der Waals surface area contributed by atoms with Crippen molar-refractivity contribution in [3.8, 4) is 5.75 Å². The Hall–Kier alpha value is -2.30. The molecule has 30 heavy (non-hydrogen) atoms. The van der Waals surface area contributed by atoms with E-state index in [4.69, 9.17) is 16.3 Å². The summed E-state index contributed by atoms with van der Waals surface area (Å²) in [6.45, 7) is 1.59. The zero-order valence-corrected chi connectivity index (χ0v) is 17.5. The highest BCUT2D eigenvalue weighted by molar-refractivity contribution is 7.89. The standard InChI is InChI=1S/C19H20ClF3N2O4S/c1-2-3-10-24-30(27,28)13-8-9-17(15(20)11-13)29-12-18(26)25-16-7-5-4-6-14(16)19(21,22)23/h4-9,11,24H,2-3,10,12H2,1H3,(H,25,26). The molecule has 0 aliphatic carbocycles. The van der Waals surface area contributed by atoms with Crippen LogP contribution in [0.2, 0.25) is 5.02 Å². The number of carbonyl (C=O) groups is 1. The van der Waals surface area contributed by atoms with Crippen LogP contribution in [0.1, 0.15) is 25.3 Å². The fourth-order valence-corrected chi connectivity index (χ4v) is 3.80. The summed E-state index contributed by atoms with van der Waals surface area (Å²) < 4.78 is 71.0. The number of rotatable bonds is 9. The third kappa shape index (κ3) is 6.61. The van der Waals surface area contributed by atoms with Gasteiger partial charge in [-0.25, -0.2) is 13.1 Å². The van der Waals surface area contributed by atoms with E-state index < -0.39 is 40.0 Å². The van der Waals surface area contributed by atoms with Gasteiger partial charge in [-0.05, 0) is 36.8 Å². The van der Waals surface area contributed by atoms with Crippen LogP contribution in [0.5, 0.6) is 5.75 Å². The van der Waals surface area contributed by atoms with Crippen LogP contribution in [-0.4, -0.2) is 27.5 Å². The van der Waals surface area contributed by atoms with Gasteiger partial charge in [-0.2, -0.15) is 13.2 Å². The predicted molar refractivity (Wildman–Crippen MR) is 107 cm³/mol. The van der Waals surface area contributed by atoms with E-state index in [1.807, 2.05) is 6.92 Å². The molecule has 1 amide bonds. The zero-order chi connectivity index (χ0) is 22.4. The SMILES string of the molecule is CCCCNS(=O)(=O)c1ccc(OCC(=O)Nc2ccccc2C(F)(F)F)c(Cl)c1. The molecule has 164 valence electrons. The lowest BCUT2D eigenvalue weighted by atomic mass is 10.1. The summed E-state index contributed by atoms with van der Waals surface area (Å²) in [7, 11) is -3.74. The van der Waals surface area contributed by atoms with E-state index >= 15 is 0 Å². The lowest BCUT2D eigenvalue weighted by molar-refractivity contribution is -0.137. The summed E-state index contributed by atoms with van der Waals surface area (Å²) in [6.07, 6.45) is -3.12. The van der Waals surface area contributed by atoms with Gasteiger partial charge in [-0.15, -0.1) is 0 Å². The molecule has 0 radical (unpaired) electrons. The molecule has 2 N–H and O–H groups in total. The average molecular weight is 465 g/mol. The van der Waals surface area contributed by atoms with Crippen LogP contribution in [0, 0.1) is 0 Å². The number of para-hydroxylation sites is 1. The summed E-state index contributed by atoms with van der Waals surface area (Å²) in [5.41, 5.74) is -1.38. The van der Waals surface area contributed by atoms with Crippen molar-refractivity contribution in [1.82, 2.24) is 4.72 Å². The highest BCUT2D eigenvalue weighted by Gasteiger charge is 2.33. The van der Waals surface area contributed by atoms with Crippen LogP contribution in [0.25, 0.3) is 0 Å². The minimum absolute atomic E-state index is 0.0171. The van der Waals surface area contributed by atoms with Crippen molar-refractivity contribution < 1.29 is 31.1 Å². The first-order valence-corrected chi connectivity index (χ1v) is 10.8. The summed E-state index contributed by atoms with van der Waals surface area (Å²) in [6, 6.07) is 8.24. The summed E-state index contributed by atoms with van der Waals surface area (Å²) in [5.74, 6) is -0.816. The quantitative estimate of drug-likeness (QED) is 0.537. The Morgan fingerprint density at radius 1 is 1.17 bits per heavy atom. The van der Waals surface area contributed by atoms with Crippen LogP contribution in [0.4, 0.5) is 18.9 Å². The number of ether oxygens (including phenoxy) is 1. The minimum atomic E-state index is -4.62. The van der Waals surface area contributed by atoms with E-state index in [2.05, 4.69) is 10.0 Å². The van der Waals surface area contributed by atoms with Gasteiger partial charge in [0.15, 0.2) is 6.61 Å². The molecule has 0 unspecified atom stereocenters. The summed E-state index contributed by atoms with van der Waals surface area (Å²) in [5, 5.41) is 2.08. The number of hydrogen-bond acceptors (Lipinski definition) is 4. The van der Waals surface area contributed by atoms with Crippen molar-refractivity contribution in [2.45, 2.75) is 30.8 Å². The van der Waals surface area contributed by atoms with E-state index in [0.29, 0.717) is 6.42 Å². The molecule has 0 heterocycles. The molecule has 0 saturated heterocycles. The molecule has 0 atom stereocenters. The Morgan fingerprint density at radius 2 is 1.87 bits per heavy atom. The van der Waals surface area contributed by atoms with Gasteiger partial charge in [0.1, 0.15) is 5.75 Å². The van der Waals surface area contributed by atoms with Crippen molar-refractivity contribution >= 4 is 33.2 Å². The fourth-order valence-electron chi connectivity index (χ4n) is 2.40. The predicted octanol–water partition coefficient (Wildman–Crippen LogP) is 4.45. The fraction of sp³-hybridized carbons (Fsp3) is 0.316. The molecule has 2 rings (SSSR count). The van der Waals surface area contributed by atoms with E-state index in [1.165, 1.54) is 30.3 Å². The molecule has 6 nitrogen and oxygen atoms in total. The van der Waals surface area contributed by atoms with Crippen LogP contribution >= 0.6 is 11.6 Å². The summed E-state index contributed by atoms with van der Waals surface area (Å²) in [4.78, 5) is 11.9. The number of nitrogens with one attached hydrogen (secondary N) is 2. The number of benzene rings is 2. The Balaban J connectivity index is 2.02. The maximum absolute atomic E-state index is 13.0. The molecule has 0 spiro atoms.